The van der Waals surface area contributed by atoms with Crippen LogP contribution in [0.2, 0.25) is 0 Å². The smallest absolute Gasteiger partial charge is 0.322 e. The van der Waals surface area contributed by atoms with Crippen LogP contribution in [0.1, 0.15) is 13.3 Å². The van der Waals surface area contributed by atoms with Crippen LogP contribution in [0.5, 0.6) is 0 Å². The molecule has 0 radical (unpaired) electrons. The summed E-state index contributed by atoms with van der Waals surface area (Å²) in [5, 5.41) is 12.1. The first kappa shape index (κ1) is 12.7. The second kappa shape index (κ2) is 5.27. The van der Waals surface area contributed by atoms with Crippen molar-refractivity contribution < 1.29 is 9.90 Å². The number of hydrogen-bond donors (Lipinski definition) is 3. The molecular formula is C13H19N3O2. The molecule has 0 spiro atoms. The summed E-state index contributed by atoms with van der Waals surface area (Å²) in [7, 11) is 0. The lowest BCUT2D eigenvalue weighted by Gasteiger charge is -2.25. The second-order valence-electron chi connectivity index (χ2n) is 4.76. The maximum absolute atomic E-state index is 12.1. The molecule has 0 bridgehead atoms. The fourth-order valence-corrected chi connectivity index (χ4v) is 2.30. The van der Waals surface area contributed by atoms with Crippen LogP contribution in [0, 0.1) is 5.92 Å². The van der Waals surface area contributed by atoms with Crippen molar-refractivity contribution in [3.63, 3.8) is 0 Å². The zero-order valence-corrected chi connectivity index (χ0v) is 10.5. The number of benzene rings is 1. The van der Waals surface area contributed by atoms with E-state index in [1.165, 1.54) is 0 Å². The number of nitrogens with zero attached hydrogens (tertiary/aromatic N) is 1. The zero-order chi connectivity index (χ0) is 13.1. The van der Waals surface area contributed by atoms with Gasteiger partial charge in [0.1, 0.15) is 0 Å². The predicted octanol–water partition coefficient (Wildman–Crippen LogP) is 1.50. The number of carbonyl (C=O) groups excluding carboxylic acids is 1. The third kappa shape index (κ3) is 2.56. The number of carbonyl (C=O) groups is 1. The maximum atomic E-state index is 12.1. The number of amides is 2. The first-order valence-electron chi connectivity index (χ1n) is 6.16. The average molecular weight is 249 g/mol. The van der Waals surface area contributed by atoms with Crippen LogP contribution < -0.4 is 11.1 Å². The van der Waals surface area contributed by atoms with Crippen LogP contribution in [-0.2, 0) is 0 Å². The van der Waals surface area contributed by atoms with Gasteiger partial charge in [0.25, 0.3) is 0 Å². The molecular weight excluding hydrogens is 230 g/mol. The predicted molar refractivity (Wildman–Crippen MR) is 71.2 cm³/mol. The molecule has 1 aliphatic heterocycles. The third-order valence-electron chi connectivity index (χ3n) is 3.49. The molecule has 2 amide bonds. The highest BCUT2D eigenvalue weighted by atomic mass is 16.3. The van der Waals surface area contributed by atoms with Crippen molar-refractivity contribution in [2.24, 2.45) is 5.92 Å². The van der Waals surface area contributed by atoms with E-state index < -0.39 is 0 Å². The first-order chi connectivity index (χ1) is 8.61. The number of hydrogen-bond acceptors (Lipinski definition) is 3. The molecule has 18 heavy (non-hydrogen) atoms. The van der Waals surface area contributed by atoms with Crippen molar-refractivity contribution in [3.8, 4) is 0 Å². The molecule has 98 valence electrons. The van der Waals surface area contributed by atoms with Gasteiger partial charge in [0.2, 0.25) is 0 Å². The van der Waals surface area contributed by atoms with Crippen LogP contribution in [0.4, 0.5) is 16.2 Å². The number of nitrogens with two attached hydrogens (primary N) is 1. The lowest BCUT2D eigenvalue weighted by Crippen LogP contribution is -2.42. The van der Waals surface area contributed by atoms with Gasteiger partial charge in [0.15, 0.2) is 0 Å². The Morgan fingerprint density at radius 1 is 1.50 bits per heavy atom. The molecule has 0 aromatic heterocycles. The topological polar surface area (TPSA) is 78.6 Å². The van der Waals surface area contributed by atoms with Crippen molar-refractivity contribution in [3.05, 3.63) is 24.3 Å². The summed E-state index contributed by atoms with van der Waals surface area (Å²) in [6.07, 6.45) is 0.931. The van der Waals surface area contributed by atoms with Crippen molar-refractivity contribution in [1.82, 2.24) is 4.90 Å². The Labute approximate surface area is 107 Å². The van der Waals surface area contributed by atoms with Gasteiger partial charge < -0.3 is 21.1 Å². The molecule has 0 aliphatic carbocycles. The van der Waals surface area contributed by atoms with Crippen LogP contribution in [0.25, 0.3) is 0 Å². The monoisotopic (exact) mass is 249 g/mol. The minimum absolute atomic E-state index is 0.0102. The van der Waals surface area contributed by atoms with Gasteiger partial charge in [-0.3, -0.25) is 0 Å². The minimum Gasteiger partial charge on any atom is -0.399 e. The Hall–Kier alpha value is -1.75. The number of nitrogen functional groups attached to an aromatic ring is 1. The highest BCUT2D eigenvalue weighted by molar-refractivity contribution is 5.89. The number of rotatable bonds is 2. The Morgan fingerprint density at radius 2 is 2.17 bits per heavy atom. The highest BCUT2D eigenvalue weighted by Gasteiger charge is 2.33. The van der Waals surface area contributed by atoms with Crippen molar-refractivity contribution >= 4 is 17.4 Å². The second-order valence-corrected chi connectivity index (χ2v) is 4.76. The fourth-order valence-electron chi connectivity index (χ4n) is 2.30. The van der Waals surface area contributed by atoms with Crippen LogP contribution in [0.3, 0.4) is 0 Å². The molecule has 1 fully saturated rings. The highest BCUT2D eigenvalue weighted by Crippen LogP contribution is 2.24. The molecule has 1 aromatic rings. The summed E-state index contributed by atoms with van der Waals surface area (Å²) < 4.78 is 0. The summed E-state index contributed by atoms with van der Waals surface area (Å²) in [4.78, 5) is 13.8. The summed E-state index contributed by atoms with van der Waals surface area (Å²) in [6.45, 7) is 2.75. The Morgan fingerprint density at radius 3 is 2.78 bits per heavy atom. The van der Waals surface area contributed by atoms with Gasteiger partial charge in [-0.2, -0.15) is 0 Å². The van der Waals surface area contributed by atoms with E-state index in [9.17, 15) is 9.90 Å². The summed E-state index contributed by atoms with van der Waals surface area (Å²) in [6, 6.07) is 6.76. The molecule has 2 unspecified atom stereocenters. The van der Waals surface area contributed by atoms with Crippen LogP contribution in [0.15, 0.2) is 24.3 Å². The van der Waals surface area contributed by atoms with E-state index in [4.69, 9.17) is 5.73 Å². The molecule has 1 saturated heterocycles. The molecule has 2 rings (SSSR count). The molecule has 5 nitrogen and oxygen atoms in total. The van der Waals surface area contributed by atoms with E-state index in [1.807, 2.05) is 0 Å². The fraction of sp³-hybridized carbons (Fsp3) is 0.462. The van der Waals surface area contributed by atoms with Gasteiger partial charge in [0, 0.05) is 17.9 Å². The lowest BCUT2D eigenvalue weighted by atomic mass is 10.0. The summed E-state index contributed by atoms with van der Waals surface area (Å²) in [5.74, 6) is 0.340. The van der Waals surface area contributed by atoms with Crippen molar-refractivity contribution in [2.75, 3.05) is 24.2 Å². The zero-order valence-electron chi connectivity index (χ0n) is 10.5. The van der Waals surface area contributed by atoms with Gasteiger partial charge in [-0.25, -0.2) is 4.79 Å². The van der Waals surface area contributed by atoms with Crippen molar-refractivity contribution in [2.45, 2.75) is 19.4 Å². The van der Waals surface area contributed by atoms with Gasteiger partial charge in [-0.15, -0.1) is 0 Å². The van der Waals surface area contributed by atoms with Gasteiger partial charge >= 0.3 is 6.03 Å². The molecule has 0 saturated carbocycles. The van der Waals surface area contributed by atoms with E-state index in [2.05, 4.69) is 12.2 Å². The molecule has 4 N–H and O–H groups in total. The number of aliphatic hydroxyl groups excluding tert-OH is 1. The normalized spacial score (nSPS) is 23.1. The quantitative estimate of drug-likeness (QED) is 0.695. The third-order valence-corrected chi connectivity index (χ3v) is 3.49. The maximum Gasteiger partial charge on any atom is 0.322 e. The van der Waals surface area contributed by atoms with Gasteiger partial charge in [0.05, 0.1) is 12.6 Å². The summed E-state index contributed by atoms with van der Waals surface area (Å²) in [5.41, 5.74) is 6.96. The Balaban J connectivity index is 2.01. The van der Waals surface area contributed by atoms with Gasteiger partial charge in [-0.05, 0) is 36.6 Å². The molecule has 1 aromatic carbocycles. The number of urea groups is 1. The number of anilines is 2. The van der Waals surface area contributed by atoms with Crippen LogP contribution >= 0.6 is 0 Å². The van der Waals surface area contributed by atoms with Crippen LogP contribution in [-0.4, -0.2) is 35.2 Å². The average Bonchev–Trinajstić information content (AvgIpc) is 2.73. The lowest BCUT2D eigenvalue weighted by molar-refractivity contribution is 0.152. The molecule has 1 aliphatic rings. The Kier molecular flexibility index (Phi) is 3.72. The standard InChI is InChI=1S/C13H19N3O2/c1-9-6-7-16(12(9)8-17)13(18)15-11-4-2-10(14)3-5-11/h2-5,9,12,17H,6-8,14H2,1H3,(H,15,18). The number of aliphatic hydroxyl groups is 1. The summed E-state index contributed by atoms with van der Waals surface area (Å²) >= 11 is 0. The van der Waals surface area contributed by atoms with E-state index in [0.29, 0.717) is 23.8 Å². The van der Waals surface area contributed by atoms with Crippen molar-refractivity contribution in [1.29, 1.82) is 0 Å². The first-order valence-corrected chi connectivity index (χ1v) is 6.16. The van der Waals surface area contributed by atoms with E-state index >= 15 is 0 Å². The number of likely N-dealkylation sites (tertiary alicyclic amines) is 1. The molecule has 1 heterocycles. The van der Waals surface area contributed by atoms with E-state index in [1.54, 1.807) is 29.2 Å². The minimum atomic E-state index is -0.164. The van der Waals surface area contributed by atoms with Gasteiger partial charge in [-0.1, -0.05) is 6.92 Å². The Bertz CT molecular complexity index is 419. The SMILES string of the molecule is CC1CCN(C(=O)Nc2ccc(N)cc2)C1CO. The van der Waals surface area contributed by atoms with E-state index in [0.717, 1.165) is 6.42 Å². The number of nitrogens with one attached hydrogen (secondary N) is 1. The van der Waals surface area contributed by atoms with E-state index in [-0.39, 0.29) is 18.7 Å². The molecule has 5 heteroatoms. The largest absolute Gasteiger partial charge is 0.399 e. The molecule has 2 atom stereocenters.